The van der Waals surface area contributed by atoms with Crippen molar-refractivity contribution in [3.8, 4) is 0 Å². The van der Waals surface area contributed by atoms with Gasteiger partial charge in [0.25, 0.3) is 0 Å². The number of halogens is 2. The minimum atomic E-state index is -0.00964. The Balaban J connectivity index is 0.00000169. The SMILES string of the molecule is Cl.Cl.Nc1ccc(CC(=O)Nc2ccc(CCN3CCCC3)cc2)cc1. The van der Waals surface area contributed by atoms with E-state index in [1.54, 1.807) is 0 Å². The monoisotopic (exact) mass is 395 g/mol. The third-order valence-electron chi connectivity index (χ3n) is 4.50. The van der Waals surface area contributed by atoms with Crippen molar-refractivity contribution in [2.75, 3.05) is 30.7 Å². The molecule has 1 fully saturated rings. The number of likely N-dealkylation sites (tertiary alicyclic amines) is 1. The maximum Gasteiger partial charge on any atom is 0.228 e. The van der Waals surface area contributed by atoms with Crippen molar-refractivity contribution < 1.29 is 4.79 Å². The van der Waals surface area contributed by atoms with Gasteiger partial charge in [-0.2, -0.15) is 0 Å². The van der Waals surface area contributed by atoms with Crippen molar-refractivity contribution in [2.24, 2.45) is 0 Å². The van der Waals surface area contributed by atoms with E-state index in [0.29, 0.717) is 12.1 Å². The van der Waals surface area contributed by atoms with Crippen LogP contribution in [-0.2, 0) is 17.6 Å². The maximum absolute atomic E-state index is 12.1. The van der Waals surface area contributed by atoms with Crippen LogP contribution in [0.4, 0.5) is 11.4 Å². The molecule has 2 aromatic carbocycles. The first-order chi connectivity index (χ1) is 11.7. The van der Waals surface area contributed by atoms with E-state index in [1.165, 1.54) is 31.5 Å². The number of nitrogens with one attached hydrogen (secondary N) is 1. The van der Waals surface area contributed by atoms with E-state index in [0.717, 1.165) is 24.2 Å². The van der Waals surface area contributed by atoms with Crippen molar-refractivity contribution in [1.82, 2.24) is 4.90 Å². The number of amides is 1. The van der Waals surface area contributed by atoms with Crippen LogP contribution in [0.5, 0.6) is 0 Å². The van der Waals surface area contributed by atoms with Crippen LogP contribution < -0.4 is 11.1 Å². The van der Waals surface area contributed by atoms with E-state index >= 15 is 0 Å². The van der Waals surface area contributed by atoms with Crippen molar-refractivity contribution in [3.05, 3.63) is 59.7 Å². The van der Waals surface area contributed by atoms with Gasteiger partial charge in [0.05, 0.1) is 6.42 Å². The van der Waals surface area contributed by atoms with E-state index in [9.17, 15) is 4.79 Å². The number of hydrogen-bond acceptors (Lipinski definition) is 3. The molecule has 26 heavy (non-hydrogen) atoms. The highest BCUT2D eigenvalue weighted by Crippen LogP contribution is 2.13. The topological polar surface area (TPSA) is 58.4 Å². The van der Waals surface area contributed by atoms with Gasteiger partial charge in [-0.05, 0) is 67.7 Å². The number of nitrogens with two attached hydrogens (primary N) is 1. The van der Waals surface area contributed by atoms with Gasteiger partial charge in [0.2, 0.25) is 5.91 Å². The Kier molecular flexibility index (Phi) is 9.49. The fourth-order valence-corrected chi connectivity index (χ4v) is 3.07. The molecule has 6 heteroatoms. The van der Waals surface area contributed by atoms with Gasteiger partial charge in [-0.15, -0.1) is 24.8 Å². The van der Waals surface area contributed by atoms with E-state index in [4.69, 9.17) is 5.73 Å². The summed E-state index contributed by atoms with van der Waals surface area (Å²) < 4.78 is 0. The third-order valence-corrected chi connectivity index (χ3v) is 4.50. The second-order valence-corrected chi connectivity index (χ2v) is 6.46. The number of carbonyl (C=O) groups is 1. The molecule has 1 saturated heterocycles. The average Bonchev–Trinajstić information content (AvgIpc) is 3.10. The lowest BCUT2D eigenvalue weighted by Gasteiger charge is -2.14. The molecule has 3 N–H and O–H groups in total. The number of rotatable bonds is 6. The lowest BCUT2D eigenvalue weighted by atomic mass is 10.1. The van der Waals surface area contributed by atoms with Crippen LogP contribution in [0.25, 0.3) is 0 Å². The average molecular weight is 396 g/mol. The molecular formula is C20H27Cl2N3O. The predicted octanol–water partition coefficient (Wildman–Crippen LogP) is 3.93. The number of carbonyl (C=O) groups excluding carboxylic acids is 1. The molecule has 2 aromatic rings. The largest absolute Gasteiger partial charge is 0.399 e. The second-order valence-electron chi connectivity index (χ2n) is 6.46. The number of benzene rings is 2. The zero-order valence-corrected chi connectivity index (χ0v) is 16.5. The van der Waals surface area contributed by atoms with Crippen LogP contribution in [0.15, 0.2) is 48.5 Å². The molecule has 1 heterocycles. The van der Waals surface area contributed by atoms with Gasteiger partial charge in [0, 0.05) is 17.9 Å². The molecule has 0 saturated carbocycles. The lowest BCUT2D eigenvalue weighted by Crippen LogP contribution is -2.21. The summed E-state index contributed by atoms with van der Waals surface area (Å²) in [6.45, 7) is 3.60. The Labute approximate surface area is 168 Å². The first-order valence-corrected chi connectivity index (χ1v) is 8.64. The maximum atomic E-state index is 12.1. The summed E-state index contributed by atoms with van der Waals surface area (Å²) in [7, 11) is 0. The summed E-state index contributed by atoms with van der Waals surface area (Å²) in [4.78, 5) is 14.6. The minimum absolute atomic E-state index is 0. The van der Waals surface area contributed by atoms with Crippen LogP contribution in [0, 0.1) is 0 Å². The van der Waals surface area contributed by atoms with Gasteiger partial charge in [-0.25, -0.2) is 0 Å². The zero-order valence-electron chi connectivity index (χ0n) is 14.8. The van der Waals surface area contributed by atoms with E-state index in [-0.39, 0.29) is 30.7 Å². The first-order valence-electron chi connectivity index (χ1n) is 8.64. The molecule has 3 rings (SSSR count). The quantitative estimate of drug-likeness (QED) is 0.728. The highest BCUT2D eigenvalue weighted by Gasteiger charge is 2.10. The third kappa shape index (κ3) is 6.87. The Bertz CT molecular complexity index is 668. The number of nitrogen functional groups attached to an aromatic ring is 1. The summed E-state index contributed by atoms with van der Waals surface area (Å²) in [5.74, 6) is -0.00964. The van der Waals surface area contributed by atoms with Crippen LogP contribution in [0.2, 0.25) is 0 Å². The Hall–Kier alpha value is -1.75. The number of nitrogens with zero attached hydrogens (tertiary/aromatic N) is 1. The molecule has 0 spiro atoms. The summed E-state index contributed by atoms with van der Waals surface area (Å²) >= 11 is 0. The smallest absolute Gasteiger partial charge is 0.228 e. The minimum Gasteiger partial charge on any atom is -0.399 e. The van der Waals surface area contributed by atoms with Crippen LogP contribution in [0.1, 0.15) is 24.0 Å². The molecule has 1 aliphatic rings. The Morgan fingerprint density at radius 3 is 2.12 bits per heavy atom. The van der Waals surface area contributed by atoms with Gasteiger partial charge >= 0.3 is 0 Å². The molecule has 1 aliphatic heterocycles. The van der Waals surface area contributed by atoms with Gasteiger partial charge in [0.1, 0.15) is 0 Å². The Morgan fingerprint density at radius 1 is 0.923 bits per heavy atom. The molecule has 0 radical (unpaired) electrons. The molecule has 0 unspecified atom stereocenters. The van der Waals surface area contributed by atoms with Crippen LogP contribution in [0.3, 0.4) is 0 Å². The van der Waals surface area contributed by atoms with Crippen molar-refractivity contribution in [2.45, 2.75) is 25.7 Å². The molecular weight excluding hydrogens is 369 g/mol. The first kappa shape index (κ1) is 22.3. The molecule has 0 atom stereocenters. The molecule has 4 nitrogen and oxygen atoms in total. The highest BCUT2D eigenvalue weighted by atomic mass is 35.5. The van der Waals surface area contributed by atoms with Crippen molar-refractivity contribution in [3.63, 3.8) is 0 Å². The van der Waals surface area contributed by atoms with Gasteiger partial charge in [-0.3, -0.25) is 4.79 Å². The van der Waals surface area contributed by atoms with E-state index < -0.39 is 0 Å². The normalized spacial score (nSPS) is 13.5. The molecule has 1 amide bonds. The Morgan fingerprint density at radius 2 is 1.50 bits per heavy atom. The van der Waals surface area contributed by atoms with E-state index in [2.05, 4.69) is 22.3 Å². The molecule has 0 bridgehead atoms. The molecule has 0 aliphatic carbocycles. The summed E-state index contributed by atoms with van der Waals surface area (Å²) in [6, 6.07) is 15.6. The summed E-state index contributed by atoms with van der Waals surface area (Å²) in [5, 5.41) is 2.95. The van der Waals surface area contributed by atoms with E-state index in [1.807, 2.05) is 36.4 Å². The van der Waals surface area contributed by atoms with Crippen LogP contribution >= 0.6 is 24.8 Å². The molecule has 0 aromatic heterocycles. The zero-order chi connectivity index (χ0) is 16.8. The van der Waals surface area contributed by atoms with Gasteiger partial charge < -0.3 is 16.0 Å². The fraction of sp³-hybridized carbons (Fsp3) is 0.350. The van der Waals surface area contributed by atoms with Crippen molar-refractivity contribution in [1.29, 1.82) is 0 Å². The highest BCUT2D eigenvalue weighted by molar-refractivity contribution is 5.92. The fourth-order valence-electron chi connectivity index (χ4n) is 3.07. The molecule has 142 valence electrons. The number of anilines is 2. The van der Waals surface area contributed by atoms with Crippen molar-refractivity contribution >= 4 is 42.1 Å². The summed E-state index contributed by atoms with van der Waals surface area (Å²) in [5.41, 5.74) is 9.50. The van der Waals surface area contributed by atoms with Gasteiger partial charge in [0.15, 0.2) is 0 Å². The predicted molar refractivity (Wildman–Crippen MR) is 114 cm³/mol. The van der Waals surface area contributed by atoms with Gasteiger partial charge in [-0.1, -0.05) is 24.3 Å². The van der Waals surface area contributed by atoms with Crippen LogP contribution in [-0.4, -0.2) is 30.4 Å². The number of hydrogen-bond donors (Lipinski definition) is 2. The second kappa shape index (κ2) is 11.1. The lowest BCUT2D eigenvalue weighted by molar-refractivity contribution is -0.115. The summed E-state index contributed by atoms with van der Waals surface area (Å²) in [6.07, 6.45) is 4.09. The standard InChI is InChI=1S/C20H25N3O.2ClH/c21-18-7-3-17(4-8-18)15-20(24)22-19-9-5-16(6-10-19)11-14-23-12-1-2-13-23;;/h3-10H,1-2,11-15,21H2,(H,22,24);2*1H.